The number of fused-ring (bicyclic) bond motifs is 1. The molecule has 5 N–H and O–H groups in total. The quantitative estimate of drug-likeness (QED) is 0.416. The third-order valence-electron chi connectivity index (χ3n) is 5.16. The second-order valence-corrected chi connectivity index (χ2v) is 7.61. The number of carbonyl (C=O) groups excluding carboxylic acids is 2. The molecule has 1 atom stereocenters. The van der Waals surface area contributed by atoms with Crippen molar-refractivity contribution < 1.29 is 9.59 Å². The van der Waals surface area contributed by atoms with Crippen LogP contribution >= 0.6 is 0 Å². The highest BCUT2D eigenvalue weighted by Gasteiger charge is 2.22. The Bertz CT molecular complexity index is 981. The lowest BCUT2D eigenvalue weighted by atomic mass is 10.0. The van der Waals surface area contributed by atoms with Gasteiger partial charge in [-0.2, -0.15) is 0 Å². The van der Waals surface area contributed by atoms with Gasteiger partial charge in [-0.25, -0.2) is 0 Å². The van der Waals surface area contributed by atoms with Crippen LogP contribution in [-0.4, -0.2) is 35.9 Å². The summed E-state index contributed by atoms with van der Waals surface area (Å²) in [5.74, 6) is -0.325. The van der Waals surface area contributed by atoms with Crippen molar-refractivity contribution >= 4 is 22.7 Å². The molecule has 3 rings (SSSR count). The molecule has 3 aromatic rings. The van der Waals surface area contributed by atoms with Gasteiger partial charge in [0, 0.05) is 36.5 Å². The predicted molar refractivity (Wildman–Crippen MR) is 120 cm³/mol. The summed E-state index contributed by atoms with van der Waals surface area (Å²) in [6.45, 7) is 3.01. The summed E-state index contributed by atoms with van der Waals surface area (Å²) in [4.78, 5) is 28.5. The topological polar surface area (TPSA) is 100 Å². The van der Waals surface area contributed by atoms with E-state index in [0.717, 1.165) is 34.0 Å². The lowest BCUT2D eigenvalue weighted by Gasteiger charge is -2.18. The monoisotopic (exact) mass is 406 g/mol. The second-order valence-electron chi connectivity index (χ2n) is 7.61. The van der Waals surface area contributed by atoms with Gasteiger partial charge in [0.15, 0.2) is 0 Å². The highest BCUT2D eigenvalue weighted by molar-refractivity contribution is 5.89. The number of hydrogen-bond donors (Lipinski definition) is 4. The van der Waals surface area contributed by atoms with E-state index in [-0.39, 0.29) is 11.8 Å². The van der Waals surface area contributed by atoms with Crippen molar-refractivity contribution in [1.82, 2.24) is 15.6 Å². The zero-order chi connectivity index (χ0) is 21.3. The summed E-state index contributed by atoms with van der Waals surface area (Å²) in [6.07, 6.45) is 4.00. The fourth-order valence-electron chi connectivity index (χ4n) is 3.52. The van der Waals surface area contributed by atoms with Crippen molar-refractivity contribution in [3.8, 4) is 0 Å². The minimum Gasteiger partial charge on any atom is -0.361 e. The van der Waals surface area contributed by atoms with Gasteiger partial charge in [0.05, 0.1) is 0 Å². The fourth-order valence-corrected chi connectivity index (χ4v) is 3.52. The van der Waals surface area contributed by atoms with Crippen LogP contribution in [0.1, 0.15) is 29.5 Å². The van der Waals surface area contributed by atoms with Crippen molar-refractivity contribution in [2.24, 2.45) is 5.73 Å². The molecule has 2 aromatic carbocycles. The van der Waals surface area contributed by atoms with Crippen LogP contribution in [0.15, 0.2) is 54.7 Å². The van der Waals surface area contributed by atoms with E-state index >= 15 is 0 Å². The van der Waals surface area contributed by atoms with Gasteiger partial charge < -0.3 is 21.4 Å². The van der Waals surface area contributed by atoms with Crippen LogP contribution in [-0.2, 0) is 22.4 Å². The van der Waals surface area contributed by atoms with E-state index in [1.54, 1.807) is 0 Å². The highest BCUT2D eigenvalue weighted by Crippen LogP contribution is 2.21. The predicted octanol–water partition coefficient (Wildman–Crippen LogP) is 2.60. The average Bonchev–Trinajstić information content (AvgIpc) is 3.14. The Kier molecular flexibility index (Phi) is 7.63. The van der Waals surface area contributed by atoms with E-state index in [1.165, 1.54) is 0 Å². The van der Waals surface area contributed by atoms with E-state index < -0.39 is 6.04 Å². The fraction of sp³-hybridized carbons (Fsp3) is 0.333. The average molecular weight is 407 g/mol. The third-order valence-corrected chi connectivity index (χ3v) is 5.16. The van der Waals surface area contributed by atoms with E-state index in [4.69, 9.17) is 5.73 Å². The van der Waals surface area contributed by atoms with Gasteiger partial charge in [0.2, 0.25) is 11.8 Å². The van der Waals surface area contributed by atoms with Crippen molar-refractivity contribution in [3.05, 3.63) is 71.4 Å². The van der Waals surface area contributed by atoms with Crippen LogP contribution in [0.4, 0.5) is 0 Å². The number of benzene rings is 2. The molecule has 158 valence electrons. The summed E-state index contributed by atoms with van der Waals surface area (Å²) in [5, 5.41) is 6.95. The molecule has 2 amide bonds. The maximum atomic E-state index is 12.9. The molecule has 0 aliphatic carbocycles. The molecule has 0 saturated carbocycles. The number of H-pyrrole nitrogens is 1. The normalized spacial score (nSPS) is 11.9. The van der Waals surface area contributed by atoms with Gasteiger partial charge in [-0.05, 0) is 49.6 Å². The minimum atomic E-state index is -0.634. The van der Waals surface area contributed by atoms with Crippen LogP contribution < -0.4 is 16.4 Å². The molecule has 0 fully saturated rings. The van der Waals surface area contributed by atoms with Crippen LogP contribution in [0.25, 0.3) is 10.9 Å². The minimum absolute atomic E-state index is 0.153. The molecule has 6 nitrogen and oxygen atoms in total. The number of nitrogens with one attached hydrogen (secondary N) is 3. The number of carbonyl (C=O) groups is 2. The van der Waals surface area contributed by atoms with E-state index in [1.807, 2.05) is 55.6 Å². The molecule has 1 unspecified atom stereocenters. The van der Waals surface area contributed by atoms with E-state index in [2.05, 4.69) is 21.7 Å². The summed E-state index contributed by atoms with van der Waals surface area (Å²) < 4.78 is 0. The van der Waals surface area contributed by atoms with Crippen molar-refractivity contribution in [2.45, 2.75) is 38.6 Å². The highest BCUT2D eigenvalue weighted by atomic mass is 16.2. The summed E-state index contributed by atoms with van der Waals surface area (Å²) in [5.41, 5.74) is 9.86. The Morgan fingerprint density at radius 2 is 1.93 bits per heavy atom. The van der Waals surface area contributed by atoms with E-state index in [9.17, 15) is 9.59 Å². The summed E-state index contributed by atoms with van der Waals surface area (Å²) in [7, 11) is 0. The van der Waals surface area contributed by atoms with Crippen LogP contribution in [0, 0.1) is 6.92 Å². The molecular weight excluding hydrogens is 376 g/mol. The number of aromatic amines is 1. The van der Waals surface area contributed by atoms with Gasteiger partial charge in [0.1, 0.15) is 6.04 Å². The molecule has 1 aromatic heterocycles. The zero-order valence-electron chi connectivity index (χ0n) is 17.4. The number of rotatable bonds is 10. The molecule has 6 heteroatoms. The molecular formula is C24H30N4O2. The number of nitrogens with two attached hydrogens (primary N) is 1. The van der Waals surface area contributed by atoms with Crippen molar-refractivity contribution in [2.75, 3.05) is 13.1 Å². The molecule has 0 aliphatic heterocycles. The number of aromatic nitrogens is 1. The largest absolute Gasteiger partial charge is 0.361 e. The molecule has 30 heavy (non-hydrogen) atoms. The number of hydrogen-bond acceptors (Lipinski definition) is 3. The van der Waals surface area contributed by atoms with Crippen molar-refractivity contribution in [3.63, 3.8) is 0 Å². The molecule has 0 bridgehead atoms. The molecule has 0 spiro atoms. The Morgan fingerprint density at radius 3 is 2.70 bits per heavy atom. The van der Waals surface area contributed by atoms with Gasteiger partial charge in [-0.3, -0.25) is 9.59 Å². The van der Waals surface area contributed by atoms with E-state index in [0.29, 0.717) is 32.4 Å². The lowest BCUT2D eigenvalue weighted by Crippen LogP contribution is -2.48. The van der Waals surface area contributed by atoms with Crippen LogP contribution in [0.3, 0.4) is 0 Å². The first-order chi connectivity index (χ1) is 14.6. The Morgan fingerprint density at radius 1 is 1.13 bits per heavy atom. The lowest BCUT2D eigenvalue weighted by molar-refractivity contribution is -0.129. The standard InChI is InChI=1S/C24H30N4O2/c1-17-9-10-21-20(14-17)19(16-27-21)15-22(28-23(29)8-5-12-25)24(30)26-13-11-18-6-3-2-4-7-18/h2-4,6-7,9-10,14,16,22,27H,5,8,11-13,15,25H2,1H3,(H,26,30)(H,28,29). The zero-order valence-corrected chi connectivity index (χ0v) is 17.4. The summed E-state index contributed by atoms with van der Waals surface area (Å²) in [6, 6.07) is 15.5. The number of aryl methyl sites for hydroxylation is 1. The maximum absolute atomic E-state index is 12.9. The Balaban J connectivity index is 1.69. The van der Waals surface area contributed by atoms with Gasteiger partial charge in [0.25, 0.3) is 0 Å². The smallest absolute Gasteiger partial charge is 0.242 e. The van der Waals surface area contributed by atoms with Gasteiger partial charge in [-0.1, -0.05) is 42.0 Å². The SMILES string of the molecule is Cc1ccc2[nH]cc(CC(NC(=O)CCCN)C(=O)NCCc3ccccc3)c2c1. The first kappa shape index (κ1) is 21.6. The van der Waals surface area contributed by atoms with Gasteiger partial charge in [-0.15, -0.1) is 0 Å². The van der Waals surface area contributed by atoms with Crippen molar-refractivity contribution in [1.29, 1.82) is 0 Å². The van der Waals surface area contributed by atoms with Crippen LogP contribution in [0.5, 0.6) is 0 Å². The Labute approximate surface area is 177 Å². The van der Waals surface area contributed by atoms with Gasteiger partial charge >= 0.3 is 0 Å². The second kappa shape index (κ2) is 10.6. The molecule has 0 radical (unpaired) electrons. The Hall–Kier alpha value is -3.12. The molecule has 0 aliphatic rings. The maximum Gasteiger partial charge on any atom is 0.242 e. The summed E-state index contributed by atoms with van der Waals surface area (Å²) >= 11 is 0. The van der Waals surface area contributed by atoms with Crippen LogP contribution in [0.2, 0.25) is 0 Å². The first-order valence-corrected chi connectivity index (χ1v) is 10.4. The molecule has 0 saturated heterocycles. The first-order valence-electron chi connectivity index (χ1n) is 10.4. The number of amides is 2. The molecule has 1 heterocycles. The third kappa shape index (κ3) is 5.94.